The number of aromatic nitrogens is 1. The molecule has 3 aromatic rings. The molecule has 1 aliphatic carbocycles. The minimum atomic E-state index is -0.457. The topological polar surface area (TPSA) is 120 Å². The molecule has 0 saturated heterocycles. The van der Waals surface area contributed by atoms with Crippen LogP contribution < -0.4 is 10.1 Å². The van der Waals surface area contributed by atoms with Gasteiger partial charge < -0.3 is 10.1 Å². The standard InChI is InChI=1S/C22H20N4O5/c1-23-22(10-11-22)14-31-19-12-20(15-2-6-17(7-3-15)25(27)28)21(24-13-19)16-4-8-18(9-5-16)26(29)30/h2-9,12-13,23H,10-11,14H2,1H3. The van der Waals surface area contributed by atoms with Crippen molar-refractivity contribution in [2.75, 3.05) is 13.7 Å². The van der Waals surface area contributed by atoms with E-state index in [1.807, 2.05) is 13.1 Å². The van der Waals surface area contributed by atoms with Crippen molar-refractivity contribution < 1.29 is 14.6 Å². The Balaban J connectivity index is 1.72. The average Bonchev–Trinajstić information content (AvgIpc) is 3.58. The number of benzene rings is 2. The van der Waals surface area contributed by atoms with Crippen LogP contribution in [0.2, 0.25) is 0 Å². The fraction of sp³-hybridized carbons (Fsp3) is 0.227. The summed E-state index contributed by atoms with van der Waals surface area (Å²) in [4.78, 5) is 25.6. The van der Waals surface area contributed by atoms with Gasteiger partial charge in [0.05, 0.1) is 27.3 Å². The molecule has 1 N–H and O–H groups in total. The van der Waals surface area contributed by atoms with E-state index in [2.05, 4.69) is 10.3 Å². The number of hydrogen-bond donors (Lipinski definition) is 1. The molecule has 31 heavy (non-hydrogen) atoms. The molecule has 2 aromatic carbocycles. The van der Waals surface area contributed by atoms with Crippen molar-refractivity contribution in [3.8, 4) is 28.1 Å². The second kappa shape index (κ2) is 8.11. The highest BCUT2D eigenvalue weighted by Gasteiger charge is 2.41. The van der Waals surface area contributed by atoms with E-state index in [0.717, 1.165) is 24.0 Å². The number of nitro groups is 2. The van der Waals surface area contributed by atoms with Crippen LogP contribution in [0.5, 0.6) is 5.75 Å². The fourth-order valence-electron chi connectivity index (χ4n) is 3.32. The zero-order valence-electron chi connectivity index (χ0n) is 16.8. The van der Waals surface area contributed by atoms with Crippen molar-refractivity contribution in [1.29, 1.82) is 0 Å². The molecule has 0 unspecified atom stereocenters. The van der Waals surface area contributed by atoms with Crippen LogP contribution in [0.25, 0.3) is 22.4 Å². The van der Waals surface area contributed by atoms with Gasteiger partial charge in [0.1, 0.15) is 12.4 Å². The molecule has 9 heteroatoms. The molecule has 1 aromatic heterocycles. The second-order valence-corrected chi connectivity index (χ2v) is 7.49. The normalized spacial score (nSPS) is 14.1. The number of non-ortho nitro benzene ring substituents is 2. The molecule has 1 aliphatic rings. The predicted molar refractivity (Wildman–Crippen MR) is 115 cm³/mol. The minimum absolute atomic E-state index is 0.00452. The van der Waals surface area contributed by atoms with Gasteiger partial charge in [-0.3, -0.25) is 25.2 Å². The highest BCUT2D eigenvalue weighted by atomic mass is 16.6. The summed E-state index contributed by atoms with van der Waals surface area (Å²) in [6.45, 7) is 0.516. The van der Waals surface area contributed by atoms with Crippen LogP contribution in [-0.2, 0) is 0 Å². The maximum absolute atomic E-state index is 11.0. The van der Waals surface area contributed by atoms with Crippen LogP contribution in [0.3, 0.4) is 0 Å². The molecule has 0 bridgehead atoms. The SMILES string of the molecule is CNC1(COc2cnc(-c3ccc([N+](=O)[O-])cc3)c(-c3ccc([N+](=O)[O-])cc3)c2)CC1. The molecule has 0 atom stereocenters. The number of hydrogen-bond acceptors (Lipinski definition) is 7. The van der Waals surface area contributed by atoms with E-state index >= 15 is 0 Å². The average molecular weight is 420 g/mol. The molecule has 1 fully saturated rings. The lowest BCUT2D eigenvalue weighted by molar-refractivity contribution is -0.385. The lowest BCUT2D eigenvalue weighted by atomic mass is 9.99. The van der Waals surface area contributed by atoms with E-state index in [9.17, 15) is 20.2 Å². The summed E-state index contributed by atoms with van der Waals surface area (Å²) in [6.07, 6.45) is 3.72. The molecule has 0 spiro atoms. The van der Waals surface area contributed by atoms with Crippen LogP contribution in [0, 0.1) is 20.2 Å². The molecular formula is C22H20N4O5. The summed E-state index contributed by atoms with van der Waals surface area (Å²) in [7, 11) is 1.91. The monoisotopic (exact) mass is 420 g/mol. The van der Waals surface area contributed by atoms with Gasteiger partial charge >= 0.3 is 0 Å². The quantitative estimate of drug-likeness (QED) is 0.424. The number of nitro benzene ring substituents is 2. The first-order valence-electron chi connectivity index (χ1n) is 9.72. The molecule has 1 saturated carbocycles. The van der Waals surface area contributed by atoms with Crippen molar-refractivity contribution in [1.82, 2.24) is 10.3 Å². The molecule has 1 heterocycles. The van der Waals surface area contributed by atoms with E-state index in [-0.39, 0.29) is 16.9 Å². The number of likely N-dealkylation sites (N-methyl/N-ethyl adjacent to an activating group) is 1. The lowest BCUT2D eigenvalue weighted by Gasteiger charge is -2.17. The Kier molecular flexibility index (Phi) is 5.35. The Morgan fingerprint density at radius 3 is 2.00 bits per heavy atom. The Morgan fingerprint density at radius 1 is 0.968 bits per heavy atom. The Bertz CT molecular complexity index is 1130. The van der Waals surface area contributed by atoms with Gasteiger partial charge in [-0.1, -0.05) is 0 Å². The molecule has 0 amide bonds. The number of rotatable bonds is 8. The van der Waals surface area contributed by atoms with Gasteiger partial charge in [0.25, 0.3) is 11.4 Å². The summed E-state index contributed by atoms with van der Waals surface area (Å²) in [5.74, 6) is 0.584. The van der Waals surface area contributed by atoms with Crippen LogP contribution in [0.4, 0.5) is 11.4 Å². The molecule has 9 nitrogen and oxygen atoms in total. The van der Waals surface area contributed by atoms with E-state index in [1.165, 1.54) is 24.3 Å². The molecule has 0 radical (unpaired) electrons. The van der Waals surface area contributed by atoms with Crippen LogP contribution in [0.15, 0.2) is 60.8 Å². The van der Waals surface area contributed by atoms with E-state index < -0.39 is 9.85 Å². The van der Waals surface area contributed by atoms with Crippen molar-refractivity contribution in [2.45, 2.75) is 18.4 Å². The largest absolute Gasteiger partial charge is 0.490 e. The molecule has 158 valence electrons. The smallest absolute Gasteiger partial charge is 0.269 e. The molecule has 0 aliphatic heterocycles. The predicted octanol–water partition coefficient (Wildman–Crippen LogP) is 4.36. The van der Waals surface area contributed by atoms with E-state index in [0.29, 0.717) is 23.6 Å². The lowest BCUT2D eigenvalue weighted by Crippen LogP contribution is -2.33. The van der Waals surface area contributed by atoms with Crippen molar-refractivity contribution in [3.05, 3.63) is 81.0 Å². The summed E-state index contributed by atoms with van der Waals surface area (Å²) < 4.78 is 5.97. The van der Waals surface area contributed by atoms with Crippen LogP contribution in [-0.4, -0.2) is 34.0 Å². The fourth-order valence-corrected chi connectivity index (χ4v) is 3.32. The Hall–Kier alpha value is -3.85. The van der Waals surface area contributed by atoms with Crippen LogP contribution >= 0.6 is 0 Å². The maximum atomic E-state index is 11.0. The van der Waals surface area contributed by atoms with Gasteiger partial charge in [-0.2, -0.15) is 0 Å². The first-order valence-corrected chi connectivity index (χ1v) is 9.72. The highest BCUT2D eigenvalue weighted by molar-refractivity contribution is 5.82. The summed E-state index contributed by atoms with van der Waals surface area (Å²) in [5.41, 5.74) is 2.73. The van der Waals surface area contributed by atoms with E-state index in [4.69, 9.17) is 4.74 Å². The third-order valence-electron chi connectivity index (χ3n) is 5.50. The highest BCUT2D eigenvalue weighted by Crippen LogP contribution is 2.37. The molecule has 4 rings (SSSR count). The third kappa shape index (κ3) is 4.36. The van der Waals surface area contributed by atoms with Gasteiger partial charge in [0.2, 0.25) is 0 Å². The first-order chi connectivity index (χ1) is 14.9. The zero-order chi connectivity index (χ0) is 22.0. The van der Waals surface area contributed by atoms with Crippen molar-refractivity contribution >= 4 is 11.4 Å². The summed E-state index contributed by atoms with van der Waals surface area (Å²) in [5, 5.41) is 25.2. The van der Waals surface area contributed by atoms with Gasteiger partial charge in [-0.25, -0.2) is 0 Å². The maximum Gasteiger partial charge on any atom is 0.269 e. The summed E-state index contributed by atoms with van der Waals surface area (Å²) >= 11 is 0. The number of ether oxygens (including phenoxy) is 1. The second-order valence-electron chi connectivity index (χ2n) is 7.49. The van der Waals surface area contributed by atoms with Gasteiger partial charge in [-0.05, 0) is 55.8 Å². The molecular weight excluding hydrogens is 400 g/mol. The zero-order valence-corrected chi connectivity index (χ0v) is 16.8. The minimum Gasteiger partial charge on any atom is -0.490 e. The van der Waals surface area contributed by atoms with Gasteiger partial charge in [0.15, 0.2) is 0 Å². The number of nitrogens with zero attached hydrogens (tertiary/aromatic N) is 3. The Labute approximate surface area is 178 Å². The van der Waals surface area contributed by atoms with Crippen LogP contribution in [0.1, 0.15) is 12.8 Å². The first kappa shape index (κ1) is 20.4. The van der Waals surface area contributed by atoms with Gasteiger partial charge in [0, 0.05) is 35.4 Å². The number of nitrogens with one attached hydrogen (secondary N) is 1. The third-order valence-corrected chi connectivity index (χ3v) is 5.50. The number of pyridine rings is 1. The van der Waals surface area contributed by atoms with Gasteiger partial charge in [-0.15, -0.1) is 0 Å². The van der Waals surface area contributed by atoms with Crippen molar-refractivity contribution in [2.24, 2.45) is 0 Å². The van der Waals surface area contributed by atoms with Crippen molar-refractivity contribution in [3.63, 3.8) is 0 Å². The van der Waals surface area contributed by atoms with E-state index in [1.54, 1.807) is 30.5 Å². The Morgan fingerprint density at radius 2 is 1.52 bits per heavy atom. The summed E-state index contributed by atoms with van der Waals surface area (Å²) in [6, 6.07) is 14.1.